The van der Waals surface area contributed by atoms with Gasteiger partial charge in [-0.25, -0.2) is 0 Å². The van der Waals surface area contributed by atoms with Gasteiger partial charge in [-0.05, 0) is 38.5 Å². The van der Waals surface area contributed by atoms with Crippen LogP contribution in [0, 0.1) is 5.92 Å². The van der Waals surface area contributed by atoms with Crippen LogP contribution in [-0.4, -0.2) is 43.6 Å². The first-order valence-corrected chi connectivity index (χ1v) is 7.77. The summed E-state index contributed by atoms with van der Waals surface area (Å²) < 4.78 is 5.36. The number of piperidine rings is 1. The Hall–Kier alpha value is -1.39. The van der Waals surface area contributed by atoms with E-state index in [1.807, 2.05) is 37.3 Å². The summed E-state index contributed by atoms with van der Waals surface area (Å²) in [5, 5.41) is 3.49. The average Bonchev–Trinajstić information content (AvgIpc) is 2.52. The van der Waals surface area contributed by atoms with Crippen LogP contribution in [0.15, 0.2) is 30.3 Å². The molecule has 1 fully saturated rings. The Morgan fingerprint density at radius 1 is 1.33 bits per heavy atom. The molecule has 1 atom stereocenters. The number of rotatable bonds is 6. The van der Waals surface area contributed by atoms with Crippen LogP contribution < -0.4 is 5.32 Å². The molecule has 0 spiro atoms. The van der Waals surface area contributed by atoms with Gasteiger partial charge in [0, 0.05) is 12.6 Å². The van der Waals surface area contributed by atoms with Gasteiger partial charge < -0.3 is 15.0 Å². The van der Waals surface area contributed by atoms with Gasteiger partial charge in [0.15, 0.2) is 0 Å². The second-order valence-corrected chi connectivity index (χ2v) is 5.98. The molecule has 4 nitrogen and oxygen atoms in total. The number of hydrogen-bond donors (Lipinski definition) is 1. The largest absolute Gasteiger partial charge is 0.461 e. The molecule has 1 N–H and O–H groups in total. The highest BCUT2D eigenvalue weighted by Crippen LogP contribution is 2.09. The van der Waals surface area contributed by atoms with Gasteiger partial charge in [0.1, 0.15) is 6.61 Å². The number of hydrogen-bond acceptors (Lipinski definition) is 4. The molecular formula is C17H26N2O2. The molecule has 1 aliphatic heterocycles. The van der Waals surface area contributed by atoms with Crippen LogP contribution in [0.2, 0.25) is 0 Å². The van der Waals surface area contributed by atoms with E-state index in [9.17, 15) is 4.79 Å². The molecule has 4 heteroatoms. The molecule has 2 rings (SSSR count). The second-order valence-electron chi connectivity index (χ2n) is 5.98. The Morgan fingerprint density at radius 3 is 2.67 bits per heavy atom. The molecule has 1 heterocycles. The first kappa shape index (κ1) is 16.0. The molecular weight excluding hydrogens is 264 g/mol. The number of esters is 1. The minimum Gasteiger partial charge on any atom is -0.461 e. The van der Waals surface area contributed by atoms with Gasteiger partial charge in [-0.2, -0.15) is 0 Å². The normalized spacial score (nSPS) is 18.4. The van der Waals surface area contributed by atoms with Crippen molar-refractivity contribution in [1.82, 2.24) is 10.2 Å². The molecule has 116 valence electrons. The Kier molecular flexibility index (Phi) is 6.21. The molecule has 1 unspecified atom stereocenters. The summed E-state index contributed by atoms with van der Waals surface area (Å²) in [6, 6.07) is 10.3. The lowest BCUT2D eigenvalue weighted by molar-refractivity contribution is -0.149. The van der Waals surface area contributed by atoms with Gasteiger partial charge in [0.2, 0.25) is 0 Å². The van der Waals surface area contributed by atoms with Crippen LogP contribution in [0.1, 0.15) is 25.3 Å². The standard InChI is InChI=1S/C17H26N2O2/c1-14(12-18-16-8-10-19(2)11-9-16)17(20)21-13-15-6-4-3-5-7-15/h3-7,14,16,18H,8-13H2,1-2H3. The first-order valence-electron chi connectivity index (χ1n) is 7.77. The van der Waals surface area contributed by atoms with Crippen molar-refractivity contribution < 1.29 is 9.53 Å². The van der Waals surface area contributed by atoms with Crippen molar-refractivity contribution in [3.63, 3.8) is 0 Å². The summed E-state index contributed by atoms with van der Waals surface area (Å²) in [6.45, 7) is 5.24. The van der Waals surface area contributed by atoms with Gasteiger partial charge >= 0.3 is 5.97 Å². The lowest BCUT2D eigenvalue weighted by Crippen LogP contribution is -2.43. The van der Waals surface area contributed by atoms with E-state index in [-0.39, 0.29) is 11.9 Å². The zero-order chi connectivity index (χ0) is 15.1. The predicted molar refractivity (Wildman–Crippen MR) is 83.9 cm³/mol. The van der Waals surface area contributed by atoms with E-state index in [1.165, 1.54) is 0 Å². The minimum absolute atomic E-state index is 0.103. The number of ether oxygens (including phenoxy) is 1. The summed E-state index contributed by atoms with van der Waals surface area (Å²) >= 11 is 0. The first-order chi connectivity index (χ1) is 10.1. The number of carbonyl (C=O) groups is 1. The fourth-order valence-corrected chi connectivity index (χ4v) is 2.51. The lowest BCUT2D eigenvalue weighted by atomic mass is 10.0. The van der Waals surface area contributed by atoms with Crippen molar-refractivity contribution in [2.75, 3.05) is 26.7 Å². The minimum atomic E-state index is -0.126. The smallest absolute Gasteiger partial charge is 0.310 e. The van der Waals surface area contributed by atoms with E-state index in [0.717, 1.165) is 31.5 Å². The van der Waals surface area contributed by atoms with Gasteiger partial charge in [-0.3, -0.25) is 4.79 Å². The molecule has 1 saturated heterocycles. The Balaban J connectivity index is 1.65. The van der Waals surface area contributed by atoms with Crippen LogP contribution in [0.5, 0.6) is 0 Å². The third kappa shape index (κ3) is 5.48. The van der Waals surface area contributed by atoms with Gasteiger partial charge in [-0.15, -0.1) is 0 Å². The van der Waals surface area contributed by atoms with Crippen LogP contribution in [0.3, 0.4) is 0 Å². The summed E-state index contributed by atoms with van der Waals surface area (Å²) in [7, 11) is 2.15. The summed E-state index contributed by atoms with van der Waals surface area (Å²) in [6.07, 6.45) is 2.31. The third-order valence-electron chi connectivity index (χ3n) is 4.06. The van der Waals surface area contributed by atoms with E-state index >= 15 is 0 Å². The number of likely N-dealkylation sites (tertiary alicyclic amines) is 1. The SMILES string of the molecule is CC(CNC1CCN(C)CC1)C(=O)OCc1ccccc1. The number of benzene rings is 1. The summed E-state index contributed by atoms with van der Waals surface area (Å²) in [4.78, 5) is 14.3. The maximum atomic E-state index is 12.0. The zero-order valence-electron chi connectivity index (χ0n) is 13.0. The van der Waals surface area contributed by atoms with E-state index in [2.05, 4.69) is 17.3 Å². The maximum absolute atomic E-state index is 12.0. The second kappa shape index (κ2) is 8.15. The Morgan fingerprint density at radius 2 is 2.00 bits per heavy atom. The highest BCUT2D eigenvalue weighted by atomic mass is 16.5. The van der Waals surface area contributed by atoms with Crippen molar-refractivity contribution in [1.29, 1.82) is 0 Å². The van der Waals surface area contributed by atoms with E-state index < -0.39 is 0 Å². The van der Waals surface area contributed by atoms with Crippen molar-refractivity contribution >= 4 is 5.97 Å². The van der Waals surface area contributed by atoms with Crippen LogP contribution in [0.25, 0.3) is 0 Å². The number of nitrogens with zero attached hydrogens (tertiary/aromatic N) is 1. The van der Waals surface area contributed by atoms with Gasteiger partial charge in [-0.1, -0.05) is 37.3 Å². The van der Waals surface area contributed by atoms with Crippen molar-refractivity contribution in [3.8, 4) is 0 Å². The Bertz CT molecular complexity index is 428. The number of nitrogens with one attached hydrogen (secondary N) is 1. The molecule has 1 aromatic rings. The van der Waals surface area contributed by atoms with E-state index in [1.54, 1.807) is 0 Å². The van der Waals surface area contributed by atoms with Crippen molar-refractivity contribution in [2.24, 2.45) is 5.92 Å². The maximum Gasteiger partial charge on any atom is 0.310 e. The molecule has 0 bridgehead atoms. The lowest BCUT2D eigenvalue weighted by Gasteiger charge is -2.30. The summed E-state index contributed by atoms with van der Waals surface area (Å²) in [5.74, 6) is -0.229. The van der Waals surface area contributed by atoms with E-state index in [4.69, 9.17) is 4.74 Å². The molecule has 0 aromatic heterocycles. The quantitative estimate of drug-likeness (QED) is 0.814. The monoisotopic (exact) mass is 290 g/mol. The fourth-order valence-electron chi connectivity index (χ4n) is 2.51. The fraction of sp³-hybridized carbons (Fsp3) is 0.588. The van der Waals surface area contributed by atoms with Gasteiger partial charge in [0.05, 0.1) is 5.92 Å². The van der Waals surface area contributed by atoms with Gasteiger partial charge in [0.25, 0.3) is 0 Å². The van der Waals surface area contributed by atoms with E-state index in [0.29, 0.717) is 19.2 Å². The molecule has 0 radical (unpaired) electrons. The molecule has 21 heavy (non-hydrogen) atoms. The molecule has 1 aromatic carbocycles. The van der Waals surface area contributed by atoms with Crippen LogP contribution in [-0.2, 0) is 16.1 Å². The highest BCUT2D eigenvalue weighted by molar-refractivity contribution is 5.72. The predicted octanol–water partition coefficient (Wildman–Crippen LogP) is 2.05. The summed E-state index contributed by atoms with van der Waals surface area (Å²) in [5.41, 5.74) is 1.03. The van der Waals surface area contributed by atoms with Crippen LogP contribution in [0.4, 0.5) is 0 Å². The Labute approximate surface area is 127 Å². The average molecular weight is 290 g/mol. The molecule has 0 aliphatic carbocycles. The van der Waals surface area contributed by atoms with Crippen molar-refractivity contribution in [2.45, 2.75) is 32.4 Å². The topological polar surface area (TPSA) is 41.6 Å². The molecule has 1 aliphatic rings. The molecule has 0 amide bonds. The molecule has 0 saturated carbocycles. The highest BCUT2D eigenvalue weighted by Gasteiger charge is 2.19. The number of carbonyl (C=O) groups excluding carboxylic acids is 1. The van der Waals surface area contributed by atoms with Crippen molar-refractivity contribution in [3.05, 3.63) is 35.9 Å². The third-order valence-corrected chi connectivity index (χ3v) is 4.06. The van der Waals surface area contributed by atoms with Crippen LogP contribution >= 0.6 is 0 Å². The zero-order valence-corrected chi connectivity index (χ0v) is 13.0.